The first-order valence-electron chi connectivity index (χ1n) is 7.48. The Morgan fingerprint density at radius 2 is 1.71 bits per heavy atom. The maximum atomic E-state index is 11.9. The number of ether oxygens (including phenoxy) is 2. The molecule has 0 aromatic heterocycles. The lowest BCUT2D eigenvalue weighted by Crippen LogP contribution is -2.26. The van der Waals surface area contributed by atoms with E-state index in [0.29, 0.717) is 5.71 Å². The minimum atomic E-state index is -0.236. The van der Waals surface area contributed by atoms with Gasteiger partial charge in [-0.05, 0) is 31.2 Å². The van der Waals surface area contributed by atoms with Gasteiger partial charge in [-0.15, -0.1) is 0 Å². The van der Waals surface area contributed by atoms with Crippen molar-refractivity contribution in [2.45, 2.75) is 6.92 Å². The largest absolute Gasteiger partial charge is 0.497 e. The molecule has 2 aromatic carbocycles. The molecule has 1 amide bonds. The molecule has 2 N–H and O–H groups in total. The van der Waals surface area contributed by atoms with Crippen LogP contribution in [0.15, 0.2) is 53.6 Å². The molecular formula is C18H21N3O3. The molecule has 0 fully saturated rings. The van der Waals surface area contributed by atoms with Gasteiger partial charge in [0.15, 0.2) is 0 Å². The summed E-state index contributed by atoms with van der Waals surface area (Å²) in [5, 5.41) is 7.13. The molecule has 126 valence electrons. The number of amides is 1. The van der Waals surface area contributed by atoms with Crippen molar-refractivity contribution in [2.75, 3.05) is 26.1 Å². The summed E-state index contributed by atoms with van der Waals surface area (Å²) in [6, 6.07) is 14.9. The molecular weight excluding hydrogens is 306 g/mol. The van der Waals surface area contributed by atoms with E-state index in [-0.39, 0.29) is 12.5 Å². The van der Waals surface area contributed by atoms with Crippen LogP contribution < -0.4 is 20.2 Å². The Bertz CT molecular complexity index is 729. The highest BCUT2D eigenvalue weighted by Crippen LogP contribution is 2.16. The highest BCUT2D eigenvalue weighted by Gasteiger charge is 2.03. The summed E-state index contributed by atoms with van der Waals surface area (Å²) in [7, 11) is 3.21. The fourth-order valence-corrected chi connectivity index (χ4v) is 2.01. The number of carbonyl (C=O) groups excluding carboxylic acids is 1. The van der Waals surface area contributed by atoms with Crippen LogP contribution in [-0.2, 0) is 4.79 Å². The molecule has 0 bridgehead atoms. The molecule has 0 atom stereocenters. The van der Waals surface area contributed by atoms with Gasteiger partial charge in [0.2, 0.25) is 0 Å². The van der Waals surface area contributed by atoms with Crippen LogP contribution in [0.3, 0.4) is 0 Å². The lowest BCUT2D eigenvalue weighted by atomic mass is 10.1. The number of hydrogen-bond donors (Lipinski definition) is 2. The average Bonchev–Trinajstić information content (AvgIpc) is 2.64. The van der Waals surface area contributed by atoms with Crippen molar-refractivity contribution < 1.29 is 14.3 Å². The van der Waals surface area contributed by atoms with Crippen LogP contribution in [0.4, 0.5) is 5.69 Å². The van der Waals surface area contributed by atoms with Crippen molar-refractivity contribution in [3.63, 3.8) is 0 Å². The maximum Gasteiger partial charge on any atom is 0.259 e. The average molecular weight is 327 g/mol. The van der Waals surface area contributed by atoms with E-state index in [1.54, 1.807) is 14.2 Å². The van der Waals surface area contributed by atoms with Crippen molar-refractivity contribution >= 4 is 17.3 Å². The van der Waals surface area contributed by atoms with Gasteiger partial charge in [-0.1, -0.05) is 18.2 Å². The minimum absolute atomic E-state index is 0.113. The third-order valence-corrected chi connectivity index (χ3v) is 3.36. The number of anilines is 1. The monoisotopic (exact) mass is 327 g/mol. The predicted octanol–water partition coefficient (Wildman–Crippen LogP) is 2.66. The first-order valence-corrected chi connectivity index (χ1v) is 7.48. The molecule has 2 aromatic rings. The predicted molar refractivity (Wildman–Crippen MR) is 94.8 cm³/mol. The first kappa shape index (κ1) is 17.3. The second-order valence-electron chi connectivity index (χ2n) is 5.05. The zero-order valence-electron chi connectivity index (χ0n) is 14.0. The quantitative estimate of drug-likeness (QED) is 0.606. The van der Waals surface area contributed by atoms with Crippen LogP contribution in [0.5, 0.6) is 11.5 Å². The van der Waals surface area contributed by atoms with Gasteiger partial charge < -0.3 is 14.8 Å². The number of nitrogens with zero attached hydrogens (tertiary/aromatic N) is 1. The lowest BCUT2D eigenvalue weighted by Gasteiger charge is -2.08. The summed E-state index contributed by atoms with van der Waals surface area (Å²) in [4.78, 5) is 11.9. The molecule has 6 heteroatoms. The number of methoxy groups -OCH3 is 2. The van der Waals surface area contributed by atoms with E-state index in [9.17, 15) is 4.79 Å². The smallest absolute Gasteiger partial charge is 0.259 e. The molecule has 6 nitrogen and oxygen atoms in total. The zero-order valence-corrected chi connectivity index (χ0v) is 14.0. The summed E-state index contributed by atoms with van der Waals surface area (Å²) in [6.07, 6.45) is 0. The SMILES string of the molecule is COc1cccc(NCC(=O)N/N=C(/C)c2cccc(OC)c2)c1. The molecule has 0 spiro atoms. The van der Waals surface area contributed by atoms with Crippen molar-refractivity contribution in [1.82, 2.24) is 5.43 Å². The minimum Gasteiger partial charge on any atom is -0.497 e. The van der Waals surface area contributed by atoms with Crippen molar-refractivity contribution in [3.8, 4) is 11.5 Å². The number of rotatable bonds is 7. The number of hydrogen-bond acceptors (Lipinski definition) is 5. The lowest BCUT2D eigenvalue weighted by molar-refractivity contribution is -0.119. The first-order chi connectivity index (χ1) is 11.6. The number of benzene rings is 2. The van der Waals surface area contributed by atoms with E-state index in [1.165, 1.54) is 0 Å². The Kier molecular flexibility index (Phi) is 6.19. The van der Waals surface area contributed by atoms with Crippen molar-refractivity contribution in [3.05, 3.63) is 54.1 Å². The van der Waals surface area contributed by atoms with Crippen LogP contribution in [0.2, 0.25) is 0 Å². The molecule has 0 saturated heterocycles. The molecule has 0 saturated carbocycles. The van der Waals surface area contributed by atoms with E-state index in [2.05, 4.69) is 15.8 Å². The molecule has 0 radical (unpaired) electrons. The molecule has 0 heterocycles. The molecule has 0 aliphatic rings. The van der Waals surface area contributed by atoms with Gasteiger partial charge >= 0.3 is 0 Å². The number of hydrazone groups is 1. The van der Waals surface area contributed by atoms with Crippen molar-refractivity contribution in [1.29, 1.82) is 0 Å². The van der Waals surface area contributed by atoms with E-state index in [1.807, 2.05) is 55.5 Å². The Labute approximate surface area is 141 Å². The highest BCUT2D eigenvalue weighted by molar-refractivity contribution is 5.99. The van der Waals surface area contributed by atoms with Gasteiger partial charge in [0.25, 0.3) is 5.91 Å². The molecule has 2 rings (SSSR count). The summed E-state index contributed by atoms with van der Waals surface area (Å²) >= 11 is 0. The van der Waals surface area contributed by atoms with Gasteiger partial charge in [-0.2, -0.15) is 5.10 Å². The van der Waals surface area contributed by atoms with Gasteiger partial charge in [0.1, 0.15) is 11.5 Å². The summed E-state index contributed by atoms with van der Waals surface area (Å²) in [5.41, 5.74) is 4.92. The summed E-state index contributed by atoms with van der Waals surface area (Å²) in [6.45, 7) is 1.94. The Morgan fingerprint density at radius 3 is 2.42 bits per heavy atom. The summed E-state index contributed by atoms with van der Waals surface area (Å²) in [5.74, 6) is 1.24. The van der Waals surface area contributed by atoms with E-state index >= 15 is 0 Å². The molecule has 24 heavy (non-hydrogen) atoms. The molecule has 0 aliphatic carbocycles. The van der Waals surface area contributed by atoms with Crippen LogP contribution in [0, 0.1) is 0 Å². The van der Waals surface area contributed by atoms with Crippen LogP contribution in [-0.4, -0.2) is 32.4 Å². The fraction of sp³-hybridized carbons (Fsp3) is 0.222. The second kappa shape index (κ2) is 8.57. The normalized spacial score (nSPS) is 10.9. The Morgan fingerprint density at radius 1 is 1.04 bits per heavy atom. The third-order valence-electron chi connectivity index (χ3n) is 3.36. The Hall–Kier alpha value is -3.02. The number of carbonyl (C=O) groups is 1. The standard InChI is InChI=1S/C18H21N3O3/c1-13(14-6-4-8-16(10-14)23-2)20-21-18(22)12-19-15-7-5-9-17(11-15)24-3/h4-11,19H,12H2,1-3H3,(H,21,22)/b20-13-. The van der Waals surface area contributed by atoms with Gasteiger partial charge in [-0.25, -0.2) is 5.43 Å². The van der Waals surface area contributed by atoms with E-state index in [0.717, 1.165) is 22.7 Å². The van der Waals surface area contributed by atoms with Crippen LogP contribution in [0.1, 0.15) is 12.5 Å². The van der Waals surface area contributed by atoms with E-state index < -0.39 is 0 Å². The van der Waals surface area contributed by atoms with Crippen molar-refractivity contribution in [2.24, 2.45) is 5.10 Å². The third kappa shape index (κ3) is 5.01. The zero-order chi connectivity index (χ0) is 17.4. The molecule has 0 unspecified atom stereocenters. The van der Waals surface area contributed by atoms with E-state index in [4.69, 9.17) is 9.47 Å². The topological polar surface area (TPSA) is 72.0 Å². The molecule has 0 aliphatic heterocycles. The van der Waals surface area contributed by atoms with Gasteiger partial charge in [0.05, 0.1) is 26.5 Å². The fourth-order valence-electron chi connectivity index (χ4n) is 2.01. The Balaban J connectivity index is 1.89. The maximum absolute atomic E-state index is 11.9. The number of nitrogens with one attached hydrogen (secondary N) is 2. The van der Waals surface area contributed by atoms with Crippen LogP contribution >= 0.6 is 0 Å². The summed E-state index contributed by atoms with van der Waals surface area (Å²) < 4.78 is 10.3. The van der Waals surface area contributed by atoms with Gasteiger partial charge in [0, 0.05) is 17.3 Å². The van der Waals surface area contributed by atoms with Gasteiger partial charge in [-0.3, -0.25) is 4.79 Å². The van der Waals surface area contributed by atoms with Crippen LogP contribution in [0.25, 0.3) is 0 Å². The highest BCUT2D eigenvalue weighted by atomic mass is 16.5. The second-order valence-corrected chi connectivity index (χ2v) is 5.05.